The average Bonchev–Trinajstić information content (AvgIpc) is 2.29. The van der Waals surface area contributed by atoms with Crippen molar-refractivity contribution in [3.05, 3.63) is 27.7 Å². The quantitative estimate of drug-likeness (QED) is 0.737. The second-order valence-electron chi connectivity index (χ2n) is 4.08. The summed E-state index contributed by atoms with van der Waals surface area (Å²) in [6.45, 7) is 2.87. The molecule has 0 heterocycles. The highest BCUT2D eigenvalue weighted by Gasteiger charge is 2.20. The first-order chi connectivity index (χ1) is 8.65. The second-order valence-corrected chi connectivity index (χ2v) is 6.71. The highest BCUT2D eigenvalue weighted by atomic mass is 79.9. The molecule has 0 aliphatic rings. The minimum Gasteiger partial charge on any atom is -0.478 e. The summed E-state index contributed by atoms with van der Waals surface area (Å²) in [5.41, 5.74) is 0.355. The van der Waals surface area contributed by atoms with Crippen LogP contribution >= 0.6 is 15.9 Å². The molecule has 0 unspecified atom stereocenters. The number of sulfonamides is 1. The van der Waals surface area contributed by atoms with E-state index in [9.17, 15) is 13.2 Å². The normalized spacial score (nSPS) is 13.3. The first-order valence-corrected chi connectivity index (χ1v) is 7.64. The Bertz CT molecular complexity index is 597. The van der Waals surface area contributed by atoms with Crippen molar-refractivity contribution in [3.8, 4) is 0 Å². The molecule has 0 bridgehead atoms. The number of rotatable bonds is 5. The molecule has 1 aromatic carbocycles. The van der Waals surface area contributed by atoms with E-state index in [1.807, 2.05) is 0 Å². The molecule has 0 aliphatic heterocycles. The molecular formula is C11H14BrNO5S. The van der Waals surface area contributed by atoms with Crippen LogP contribution in [0.1, 0.15) is 22.8 Å². The van der Waals surface area contributed by atoms with Crippen LogP contribution in [-0.2, 0) is 10.0 Å². The number of nitrogens with one attached hydrogen (secondary N) is 1. The van der Waals surface area contributed by atoms with Gasteiger partial charge < -0.3 is 10.2 Å². The van der Waals surface area contributed by atoms with Gasteiger partial charge in [-0.05, 0) is 31.5 Å². The second kappa shape index (κ2) is 6.00. The molecule has 1 rings (SSSR count). The maximum Gasteiger partial charge on any atom is 0.336 e. The van der Waals surface area contributed by atoms with Crippen molar-refractivity contribution in [1.82, 2.24) is 4.72 Å². The summed E-state index contributed by atoms with van der Waals surface area (Å²) in [5.74, 6) is -1.20. The summed E-state index contributed by atoms with van der Waals surface area (Å²) >= 11 is 3.13. The summed E-state index contributed by atoms with van der Waals surface area (Å²) in [6.07, 6.45) is -0.831. The number of hydrogen-bond donors (Lipinski definition) is 3. The molecule has 0 saturated heterocycles. The number of aromatic carboxylic acids is 1. The lowest BCUT2D eigenvalue weighted by Gasteiger charge is -2.11. The molecule has 1 atom stereocenters. The average molecular weight is 352 g/mol. The molecule has 0 aromatic heterocycles. The first-order valence-electron chi connectivity index (χ1n) is 5.36. The van der Waals surface area contributed by atoms with Crippen molar-refractivity contribution in [1.29, 1.82) is 0 Å². The van der Waals surface area contributed by atoms with E-state index >= 15 is 0 Å². The van der Waals surface area contributed by atoms with Crippen molar-refractivity contribution in [2.24, 2.45) is 0 Å². The molecule has 6 nitrogen and oxygen atoms in total. The van der Waals surface area contributed by atoms with E-state index in [4.69, 9.17) is 10.2 Å². The zero-order valence-electron chi connectivity index (χ0n) is 10.3. The van der Waals surface area contributed by atoms with Crippen LogP contribution < -0.4 is 4.72 Å². The number of carbonyl (C=O) groups is 1. The van der Waals surface area contributed by atoms with E-state index in [1.54, 1.807) is 6.92 Å². The Morgan fingerprint density at radius 1 is 1.47 bits per heavy atom. The number of benzene rings is 1. The maximum atomic E-state index is 11.9. The van der Waals surface area contributed by atoms with Crippen LogP contribution in [0.25, 0.3) is 0 Å². The van der Waals surface area contributed by atoms with Gasteiger partial charge in [-0.2, -0.15) is 0 Å². The van der Waals surface area contributed by atoms with Crippen molar-refractivity contribution in [2.75, 3.05) is 6.54 Å². The fourth-order valence-corrected chi connectivity index (χ4v) is 3.13. The predicted molar refractivity (Wildman–Crippen MR) is 72.7 cm³/mol. The van der Waals surface area contributed by atoms with E-state index in [2.05, 4.69) is 20.7 Å². The van der Waals surface area contributed by atoms with Crippen molar-refractivity contribution < 1.29 is 23.4 Å². The van der Waals surface area contributed by atoms with Crippen LogP contribution in [0.4, 0.5) is 0 Å². The Morgan fingerprint density at radius 3 is 2.53 bits per heavy atom. The third kappa shape index (κ3) is 4.00. The standard InChI is InChI=1S/C11H14BrNO5S/c1-6(14)5-13-19(17,18)8-3-9(11(15)16)7(2)10(12)4-8/h3-4,6,13-14H,5H2,1-2H3,(H,15,16)/t6-/m1/s1. The lowest BCUT2D eigenvalue weighted by Crippen LogP contribution is -2.30. The monoisotopic (exact) mass is 351 g/mol. The van der Waals surface area contributed by atoms with Gasteiger partial charge in [0.05, 0.1) is 16.6 Å². The number of aliphatic hydroxyl groups excluding tert-OH is 1. The van der Waals surface area contributed by atoms with Crippen LogP contribution in [0.2, 0.25) is 0 Å². The third-order valence-corrected chi connectivity index (χ3v) is 4.65. The maximum absolute atomic E-state index is 11.9. The molecule has 0 fully saturated rings. The molecule has 3 N–H and O–H groups in total. The minimum absolute atomic E-state index is 0.0909. The van der Waals surface area contributed by atoms with Crippen LogP contribution in [-0.4, -0.2) is 37.2 Å². The Kier molecular flexibility index (Phi) is 5.08. The van der Waals surface area contributed by atoms with Gasteiger partial charge in [0.25, 0.3) is 0 Å². The van der Waals surface area contributed by atoms with Crippen LogP contribution in [0.5, 0.6) is 0 Å². The molecule has 0 saturated carbocycles. The fourth-order valence-electron chi connectivity index (χ4n) is 1.34. The molecule has 8 heteroatoms. The van der Waals surface area contributed by atoms with Gasteiger partial charge in [-0.3, -0.25) is 0 Å². The van der Waals surface area contributed by atoms with Crippen LogP contribution in [0.3, 0.4) is 0 Å². The number of carboxylic acid groups (broad SMARTS) is 1. The lowest BCUT2D eigenvalue weighted by atomic mass is 10.1. The van der Waals surface area contributed by atoms with Gasteiger partial charge in [0.15, 0.2) is 0 Å². The Balaban J connectivity index is 3.25. The fraction of sp³-hybridized carbons (Fsp3) is 0.364. The molecule has 0 radical (unpaired) electrons. The van der Waals surface area contributed by atoms with E-state index in [-0.39, 0.29) is 17.0 Å². The van der Waals surface area contributed by atoms with Gasteiger partial charge in [-0.25, -0.2) is 17.9 Å². The van der Waals surface area contributed by atoms with Gasteiger partial charge in [-0.15, -0.1) is 0 Å². The highest BCUT2D eigenvalue weighted by molar-refractivity contribution is 9.10. The topological polar surface area (TPSA) is 104 Å². The SMILES string of the molecule is Cc1c(Br)cc(S(=O)(=O)NC[C@@H](C)O)cc1C(=O)O. The van der Waals surface area contributed by atoms with Gasteiger partial charge in [-0.1, -0.05) is 15.9 Å². The minimum atomic E-state index is -3.85. The smallest absolute Gasteiger partial charge is 0.336 e. The van der Waals surface area contributed by atoms with Crippen molar-refractivity contribution >= 4 is 31.9 Å². The van der Waals surface area contributed by atoms with Crippen LogP contribution in [0.15, 0.2) is 21.5 Å². The third-order valence-electron chi connectivity index (χ3n) is 2.43. The van der Waals surface area contributed by atoms with Gasteiger partial charge >= 0.3 is 5.97 Å². The van der Waals surface area contributed by atoms with Crippen molar-refractivity contribution in [3.63, 3.8) is 0 Å². The Morgan fingerprint density at radius 2 is 2.05 bits per heavy atom. The summed E-state index contributed by atoms with van der Waals surface area (Å²) in [4.78, 5) is 10.9. The molecule has 0 aliphatic carbocycles. The van der Waals surface area contributed by atoms with Crippen molar-refractivity contribution in [2.45, 2.75) is 24.8 Å². The first kappa shape index (κ1) is 16.1. The Labute approximate surface area is 119 Å². The molecular weight excluding hydrogens is 338 g/mol. The highest BCUT2D eigenvalue weighted by Crippen LogP contribution is 2.24. The summed E-state index contributed by atoms with van der Waals surface area (Å²) in [5, 5.41) is 18.1. The largest absolute Gasteiger partial charge is 0.478 e. The number of halogens is 1. The van der Waals surface area contributed by atoms with Crippen LogP contribution in [0, 0.1) is 6.92 Å². The van der Waals surface area contributed by atoms with Gasteiger partial charge in [0, 0.05) is 11.0 Å². The van der Waals surface area contributed by atoms with Gasteiger partial charge in [0.2, 0.25) is 10.0 Å². The predicted octanol–water partition coefficient (Wildman–Crippen LogP) is 1.11. The van der Waals surface area contributed by atoms with E-state index < -0.39 is 22.1 Å². The number of aliphatic hydroxyl groups is 1. The van der Waals surface area contributed by atoms with E-state index in [1.165, 1.54) is 13.0 Å². The Hall–Kier alpha value is -0.960. The zero-order chi connectivity index (χ0) is 14.8. The molecule has 19 heavy (non-hydrogen) atoms. The molecule has 0 amide bonds. The lowest BCUT2D eigenvalue weighted by molar-refractivity contribution is 0.0695. The molecule has 106 valence electrons. The van der Waals surface area contributed by atoms with Gasteiger partial charge in [0.1, 0.15) is 0 Å². The molecule has 1 aromatic rings. The van der Waals surface area contributed by atoms with E-state index in [0.29, 0.717) is 10.0 Å². The summed E-state index contributed by atoms with van der Waals surface area (Å²) < 4.78 is 26.5. The summed E-state index contributed by atoms with van der Waals surface area (Å²) in [6, 6.07) is 2.42. The zero-order valence-corrected chi connectivity index (χ0v) is 12.7. The van der Waals surface area contributed by atoms with E-state index in [0.717, 1.165) is 6.07 Å². The molecule has 0 spiro atoms. The summed E-state index contributed by atoms with van der Waals surface area (Å²) in [7, 11) is -3.85. The number of hydrogen-bond acceptors (Lipinski definition) is 4. The number of carboxylic acids is 1.